The summed E-state index contributed by atoms with van der Waals surface area (Å²) in [7, 11) is 1.62. The first kappa shape index (κ1) is 18.5. The van der Waals surface area contributed by atoms with Crippen LogP contribution in [0.4, 0.5) is 0 Å². The molecular weight excluding hydrogens is 340 g/mol. The van der Waals surface area contributed by atoms with E-state index in [1.807, 2.05) is 42.5 Å². The third kappa shape index (κ3) is 4.85. The van der Waals surface area contributed by atoms with Gasteiger partial charge >= 0.3 is 0 Å². The first-order valence-electron chi connectivity index (χ1n) is 8.78. The largest absolute Gasteiger partial charge is 0.493 e. The normalized spacial score (nSPS) is 10.4. The van der Waals surface area contributed by atoms with Crippen LogP contribution in [0, 0.1) is 0 Å². The van der Waals surface area contributed by atoms with Gasteiger partial charge in [-0.3, -0.25) is 9.78 Å². The Morgan fingerprint density at radius 3 is 2.44 bits per heavy atom. The Hall–Kier alpha value is -3.34. The minimum absolute atomic E-state index is 0.240. The number of benzene rings is 2. The van der Waals surface area contributed by atoms with E-state index in [4.69, 9.17) is 15.2 Å². The van der Waals surface area contributed by atoms with Crippen LogP contribution in [0.2, 0.25) is 0 Å². The maximum absolute atomic E-state index is 11.2. The minimum Gasteiger partial charge on any atom is -0.493 e. The predicted molar refractivity (Wildman–Crippen MR) is 105 cm³/mol. The molecule has 0 unspecified atom stereocenters. The first-order chi connectivity index (χ1) is 13.2. The molecule has 138 valence electrons. The number of hydrogen-bond donors (Lipinski definition) is 1. The number of carbonyl (C=O) groups excluding carboxylic acids is 1. The summed E-state index contributed by atoms with van der Waals surface area (Å²) in [5.41, 5.74) is 8.57. The van der Waals surface area contributed by atoms with Crippen molar-refractivity contribution >= 4 is 5.91 Å². The zero-order valence-corrected chi connectivity index (χ0v) is 15.2. The fourth-order valence-corrected chi connectivity index (χ4v) is 2.78. The standard InChI is InChI=1S/C22H22N2O3/c1-26-20-12-10-17(18-9-11-19(22(23)25)24-15-18)14-21(20)27-13-5-8-16-6-3-2-4-7-16/h2-4,6-7,9-12,14-15H,5,8,13H2,1H3,(H2,23,25). The van der Waals surface area contributed by atoms with E-state index in [9.17, 15) is 4.79 Å². The van der Waals surface area contributed by atoms with Gasteiger partial charge in [0, 0.05) is 11.8 Å². The van der Waals surface area contributed by atoms with Crippen LogP contribution in [-0.4, -0.2) is 24.6 Å². The Bertz CT molecular complexity index is 893. The van der Waals surface area contributed by atoms with Gasteiger partial charge in [-0.15, -0.1) is 0 Å². The molecule has 2 N–H and O–H groups in total. The quantitative estimate of drug-likeness (QED) is 0.617. The van der Waals surface area contributed by atoms with Crippen molar-refractivity contribution in [3.05, 3.63) is 78.1 Å². The van der Waals surface area contributed by atoms with E-state index in [0.717, 1.165) is 24.0 Å². The van der Waals surface area contributed by atoms with Crippen LogP contribution in [0.3, 0.4) is 0 Å². The van der Waals surface area contributed by atoms with Gasteiger partial charge in [0.2, 0.25) is 0 Å². The van der Waals surface area contributed by atoms with Gasteiger partial charge in [-0.25, -0.2) is 0 Å². The van der Waals surface area contributed by atoms with Gasteiger partial charge in [0.1, 0.15) is 5.69 Å². The van der Waals surface area contributed by atoms with Gasteiger partial charge < -0.3 is 15.2 Å². The van der Waals surface area contributed by atoms with E-state index in [1.54, 1.807) is 19.4 Å². The molecule has 27 heavy (non-hydrogen) atoms. The Morgan fingerprint density at radius 2 is 1.78 bits per heavy atom. The monoisotopic (exact) mass is 362 g/mol. The molecule has 0 spiro atoms. The number of hydrogen-bond acceptors (Lipinski definition) is 4. The highest BCUT2D eigenvalue weighted by molar-refractivity contribution is 5.91. The van der Waals surface area contributed by atoms with E-state index < -0.39 is 5.91 Å². The van der Waals surface area contributed by atoms with E-state index in [2.05, 4.69) is 17.1 Å². The number of rotatable bonds is 8. The Labute approximate surface area is 158 Å². The first-order valence-corrected chi connectivity index (χ1v) is 8.78. The smallest absolute Gasteiger partial charge is 0.267 e. The number of aromatic nitrogens is 1. The summed E-state index contributed by atoms with van der Waals surface area (Å²) in [6.45, 7) is 0.591. The summed E-state index contributed by atoms with van der Waals surface area (Å²) in [5, 5.41) is 0. The van der Waals surface area contributed by atoms with Crippen LogP contribution in [0.15, 0.2) is 66.9 Å². The number of carbonyl (C=O) groups is 1. The summed E-state index contributed by atoms with van der Waals surface area (Å²) < 4.78 is 11.4. The molecule has 3 aromatic rings. The van der Waals surface area contributed by atoms with Crippen LogP contribution < -0.4 is 15.2 Å². The van der Waals surface area contributed by atoms with Crippen molar-refractivity contribution in [1.29, 1.82) is 0 Å². The van der Waals surface area contributed by atoms with Crippen molar-refractivity contribution in [3.8, 4) is 22.6 Å². The molecule has 0 fully saturated rings. The highest BCUT2D eigenvalue weighted by atomic mass is 16.5. The SMILES string of the molecule is COc1ccc(-c2ccc(C(N)=O)nc2)cc1OCCCc1ccccc1. The number of pyridine rings is 1. The summed E-state index contributed by atoms with van der Waals surface area (Å²) in [6, 6.07) is 19.5. The average Bonchev–Trinajstić information content (AvgIpc) is 2.72. The molecule has 0 saturated carbocycles. The van der Waals surface area contributed by atoms with Gasteiger partial charge in [-0.2, -0.15) is 0 Å². The van der Waals surface area contributed by atoms with Crippen LogP contribution in [-0.2, 0) is 6.42 Å². The number of nitrogens with zero attached hydrogens (tertiary/aromatic N) is 1. The van der Waals surface area contributed by atoms with Gasteiger partial charge in [0.25, 0.3) is 5.91 Å². The van der Waals surface area contributed by atoms with Crippen molar-refractivity contribution in [2.75, 3.05) is 13.7 Å². The lowest BCUT2D eigenvalue weighted by Crippen LogP contribution is -2.12. The Morgan fingerprint density at radius 1 is 1.00 bits per heavy atom. The predicted octanol–water partition coefficient (Wildman–Crippen LogP) is 3.87. The van der Waals surface area contributed by atoms with Gasteiger partial charge in [0.15, 0.2) is 11.5 Å². The lowest BCUT2D eigenvalue weighted by Gasteiger charge is -2.12. The van der Waals surface area contributed by atoms with E-state index >= 15 is 0 Å². The van der Waals surface area contributed by atoms with Crippen LogP contribution in [0.25, 0.3) is 11.1 Å². The third-order valence-electron chi connectivity index (χ3n) is 4.22. The third-order valence-corrected chi connectivity index (χ3v) is 4.22. The second-order valence-corrected chi connectivity index (χ2v) is 6.10. The maximum atomic E-state index is 11.2. The van der Waals surface area contributed by atoms with Gasteiger partial charge in [0.05, 0.1) is 13.7 Å². The summed E-state index contributed by atoms with van der Waals surface area (Å²) in [4.78, 5) is 15.2. The van der Waals surface area contributed by atoms with Crippen LogP contribution >= 0.6 is 0 Å². The molecule has 0 atom stereocenters. The molecule has 0 saturated heterocycles. The maximum Gasteiger partial charge on any atom is 0.267 e. The van der Waals surface area contributed by atoms with Crippen molar-refractivity contribution < 1.29 is 14.3 Å². The second-order valence-electron chi connectivity index (χ2n) is 6.10. The minimum atomic E-state index is -0.543. The number of amides is 1. The molecule has 0 aliphatic rings. The Balaban J connectivity index is 1.68. The zero-order chi connectivity index (χ0) is 19.1. The molecule has 1 aromatic heterocycles. The average molecular weight is 362 g/mol. The second kappa shape index (κ2) is 8.85. The van der Waals surface area contributed by atoms with Crippen molar-refractivity contribution in [3.63, 3.8) is 0 Å². The molecule has 0 aliphatic carbocycles. The number of methoxy groups -OCH3 is 1. The van der Waals surface area contributed by atoms with Crippen molar-refractivity contribution in [2.45, 2.75) is 12.8 Å². The molecule has 5 heteroatoms. The molecule has 3 rings (SSSR count). The van der Waals surface area contributed by atoms with E-state index in [-0.39, 0.29) is 5.69 Å². The van der Waals surface area contributed by atoms with Crippen LogP contribution in [0.1, 0.15) is 22.5 Å². The van der Waals surface area contributed by atoms with Crippen LogP contribution in [0.5, 0.6) is 11.5 Å². The zero-order valence-electron chi connectivity index (χ0n) is 15.2. The van der Waals surface area contributed by atoms with Gasteiger partial charge in [-0.1, -0.05) is 42.5 Å². The molecule has 5 nitrogen and oxygen atoms in total. The highest BCUT2D eigenvalue weighted by Crippen LogP contribution is 2.32. The molecule has 1 amide bonds. The van der Waals surface area contributed by atoms with Crippen molar-refractivity contribution in [1.82, 2.24) is 4.98 Å². The van der Waals surface area contributed by atoms with Crippen molar-refractivity contribution in [2.24, 2.45) is 5.73 Å². The topological polar surface area (TPSA) is 74.4 Å². The lowest BCUT2D eigenvalue weighted by molar-refractivity contribution is 0.0995. The Kier molecular flexibility index (Phi) is 6.05. The lowest BCUT2D eigenvalue weighted by atomic mass is 10.1. The van der Waals surface area contributed by atoms with Gasteiger partial charge in [-0.05, 0) is 42.2 Å². The molecule has 0 bridgehead atoms. The summed E-state index contributed by atoms with van der Waals surface area (Å²) in [6.07, 6.45) is 3.49. The molecule has 0 aliphatic heterocycles. The number of aryl methyl sites for hydroxylation is 1. The molecular formula is C22H22N2O3. The number of primary amides is 1. The molecule has 2 aromatic carbocycles. The highest BCUT2D eigenvalue weighted by Gasteiger charge is 2.09. The summed E-state index contributed by atoms with van der Waals surface area (Å²) in [5.74, 6) is 0.820. The summed E-state index contributed by atoms with van der Waals surface area (Å²) >= 11 is 0. The number of nitrogens with two attached hydrogens (primary N) is 1. The van der Waals surface area contributed by atoms with E-state index in [1.165, 1.54) is 5.56 Å². The fraction of sp³-hybridized carbons (Fsp3) is 0.182. The molecule has 0 radical (unpaired) electrons. The fourth-order valence-electron chi connectivity index (χ4n) is 2.78. The van der Waals surface area contributed by atoms with E-state index in [0.29, 0.717) is 18.1 Å². The molecule has 1 heterocycles. The number of ether oxygens (including phenoxy) is 2.